The maximum absolute atomic E-state index is 13.3. The van der Waals surface area contributed by atoms with Crippen LogP contribution in [0.3, 0.4) is 0 Å². The molecule has 0 aromatic carbocycles. The lowest BCUT2D eigenvalue weighted by Gasteiger charge is -2.22. The zero-order valence-corrected chi connectivity index (χ0v) is 26.7. The molecule has 3 rings (SSSR count). The molecule has 2 heterocycles. The third-order valence-corrected chi connectivity index (χ3v) is 6.79. The fourth-order valence-electron chi connectivity index (χ4n) is 4.76. The lowest BCUT2D eigenvalue weighted by atomic mass is 10.0. The summed E-state index contributed by atoms with van der Waals surface area (Å²) in [6.07, 6.45) is 8.45. The molecule has 1 aliphatic carbocycles. The van der Waals surface area contributed by atoms with E-state index < -0.39 is 6.09 Å². The third kappa shape index (κ3) is 11.6. The Hall–Kier alpha value is -3.44. The van der Waals surface area contributed by atoms with Crippen molar-refractivity contribution in [1.82, 2.24) is 24.9 Å². The van der Waals surface area contributed by atoms with Gasteiger partial charge in [-0.1, -0.05) is 5.92 Å². The lowest BCUT2D eigenvalue weighted by Crippen LogP contribution is -2.33. The highest BCUT2D eigenvalue weighted by molar-refractivity contribution is 6.02. The third-order valence-electron chi connectivity index (χ3n) is 6.79. The zero-order chi connectivity index (χ0) is 32.0. The van der Waals surface area contributed by atoms with Gasteiger partial charge in [0, 0.05) is 24.2 Å². The molecular weight excluding hydrogens is 568 g/mol. The number of carbonyl (C=O) groups is 2. The number of nitrogens with one attached hydrogen (secondary N) is 2. The molecule has 13 heteroatoms. The van der Waals surface area contributed by atoms with Crippen LogP contribution < -0.4 is 10.6 Å². The molecule has 44 heavy (non-hydrogen) atoms. The number of carbonyl (C=O) groups excluding carboxylic acids is 2. The number of hydrogen-bond donors (Lipinski definition) is 2. The van der Waals surface area contributed by atoms with Gasteiger partial charge in [-0.15, -0.1) is 6.42 Å². The summed E-state index contributed by atoms with van der Waals surface area (Å²) in [6, 6.07) is 3.62. The van der Waals surface area contributed by atoms with Crippen molar-refractivity contribution < 1.29 is 33.3 Å². The van der Waals surface area contributed by atoms with Gasteiger partial charge in [0.1, 0.15) is 24.2 Å². The van der Waals surface area contributed by atoms with E-state index in [0.29, 0.717) is 70.7 Å². The molecule has 1 saturated carbocycles. The van der Waals surface area contributed by atoms with Crippen molar-refractivity contribution in [3.8, 4) is 12.3 Å². The Kier molecular flexibility index (Phi) is 14.1. The average molecular weight is 617 g/mol. The van der Waals surface area contributed by atoms with Crippen molar-refractivity contribution in [2.24, 2.45) is 0 Å². The van der Waals surface area contributed by atoms with Gasteiger partial charge in [-0.2, -0.15) is 10.2 Å². The van der Waals surface area contributed by atoms with Crippen molar-refractivity contribution in [2.75, 3.05) is 58.2 Å². The van der Waals surface area contributed by atoms with E-state index in [1.54, 1.807) is 16.9 Å². The SMILES string of the molecule is C#CCOCCOCCOCCOCCn1nccc1C(=O)Nc1cc(C2CC[C@H](OC(=O)NC(C)C)C2)nn1C(C)(C)C. The zero-order valence-electron chi connectivity index (χ0n) is 26.7. The van der Waals surface area contributed by atoms with E-state index in [1.165, 1.54) is 0 Å². The summed E-state index contributed by atoms with van der Waals surface area (Å²) in [5.41, 5.74) is 0.920. The molecule has 1 unspecified atom stereocenters. The highest BCUT2D eigenvalue weighted by Gasteiger charge is 2.32. The first-order valence-electron chi connectivity index (χ1n) is 15.2. The van der Waals surface area contributed by atoms with E-state index in [0.717, 1.165) is 18.5 Å². The molecule has 1 fully saturated rings. The minimum Gasteiger partial charge on any atom is -0.446 e. The van der Waals surface area contributed by atoms with Gasteiger partial charge < -0.3 is 34.3 Å². The second-order valence-corrected chi connectivity index (χ2v) is 11.9. The molecule has 0 saturated heterocycles. The van der Waals surface area contributed by atoms with E-state index in [2.05, 4.69) is 21.7 Å². The summed E-state index contributed by atoms with van der Waals surface area (Å²) in [6.45, 7) is 13.7. The minimum absolute atomic E-state index is 0.0185. The van der Waals surface area contributed by atoms with Crippen LogP contribution in [0.5, 0.6) is 0 Å². The number of nitrogens with zero attached hydrogens (tertiary/aromatic N) is 4. The van der Waals surface area contributed by atoms with E-state index in [4.69, 9.17) is 35.2 Å². The van der Waals surface area contributed by atoms with Gasteiger partial charge in [0.2, 0.25) is 0 Å². The molecule has 2 aromatic heterocycles. The fourth-order valence-corrected chi connectivity index (χ4v) is 4.76. The van der Waals surface area contributed by atoms with Crippen LogP contribution in [-0.2, 0) is 35.8 Å². The summed E-state index contributed by atoms with van der Waals surface area (Å²) in [7, 11) is 0. The monoisotopic (exact) mass is 616 g/mol. The maximum atomic E-state index is 13.3. The highest BCUT2D eigenvalue weighted by atomic mass is 16.6. The van der Waals surface area contributed by atoms with Gasteiger partial charge in [0.15, 0.2) is 0 Å². The molecule has 244 valence electrons. The number of hydrogen-bond acceptors (Lipinski definition) is 9. The first-order valence-corrected chi connectivity index (χ1v) is 15.2. The number of rotatable bonds is 18. The van der Waals surface area contributed by atoms with E-state index in [9.17, 15) is 9.59 Å². The quantitative estimate of drug-likeness (QED) is 0.190. The molecule has 1 aliphatic rings. The van der Waals surface area contributed by atoms with Crippen molar-refractivity contribution >= 4 is 17.8 Å². The number of alkyl carbamates (subject to hydrolysis) is 1. The van der Waals surface area contributed by atoms with Crippen LogP contribution in [0.25, 0.3) is 0 Å². The Morgan fingerprint density at radius 1 is 1.05 bits per heavy atom. The Morgan fingerprint density at radius 3 is 2.34 bits per heavy atom. The van der Waals surface area contributed by atoms with E-state index in [1.807, 2.05) is 45.4 Å². The topological polar surface area (TPSA) is 140 Å². The second kappa shape index (κ2) is 17.8. The van der Waals surface area contributed by atoms with Gasteiger partial charge in [0.05, 0.1) is 64.0 Å². The summed E-state index contributed by atoms with van der Waals surface area (Å²) < 4.78 is 30.7. The summed E-state index contributed by atoms with van der Waals surface area (Å²) >= 11 is 0. The molecule has 2 aromatic rings. The molecule has 0 radical (unpaired) electrons. The number of terminal acetylenes is 1. The van der Waals surface area contributed by atoms with Gasteiger partial charge in [-0.25, -0.2) is 9.48 Å². The largest absolute Gasteiger partial charge is 0.446 e. The fraction of sp³-hybridized carbons (Fsp3) is 0.677. The van der Waals surface area contributed by atoms with Crippen LogP contribution in [0.2, 0.25) is 0 Å². The molecule has 2 atom stereocenters. The molecule has 0 bridgehead atoms. The predicted molar refractivity (Wildman–Crippen MR) is 165 cm³/mol. The number of ether oxygens (including phenoxy) is 5. The van der Waals surface area contributed by atoms with Crippen molar-refractivity contribution in [1.29, 1.82) is 0 Å². The molecule has 2 amide bonds. The second-order valence-electron chi connectivity index (χ2n) is 11.9. The lowest BCUT2D eigenvalue weighted by molar-refractivity contribution is 0.000192. The summed E-state index contributed by atoms with van der Waals surface area (Å²) in [5.74, 6) is 2.84. The molecule has 0 aliphatic heterocycles. The molecular formula is C31H48N6O7. The Balaban J connectivity index is 1.46. The maximum Gasteiger partial charge on any atom is 0.407 e. The number of amides is 2. The van der Waals surface area contributed by atoms with E-state index >= 15 is 0 Å². The predicted octanol–water partition coefficient (Wildman–Crippen LogP) is 3.56. The number of aromatic nitrogens is 4. The van der Waals surface area contributed by atoms with Crippen LogP contribution in [0, 0.1) is 12.3 Å². The van der Waals surface area contributed by atoms with Crippen molar-refractivity contribution in [3.63, 3.8) is 0 Å². The summed E-state index contributed by atoms with van der Waals surface area (Å²) in [5, 5.41) is 15.0. The van der Waals surface area contributed by atoms with Crippen LogP contribution in [0.15, 0.2) is 18.3 Å². The smallest absolute Gasteiger partial charge is 0.407 e. The molecule has 2 N–H and O–H groups in total. The van der Waals surface area contributed by atoms with Crippen LogP contribution in [0.1, 0.15) is 76.0 Å². The van der Waals surface area contributed by atoms with Crippen LogP contribution >= 0.6 is 0 Å². The van der Waals surface area contributed by atoms with Gasteiger partial charge in [-0.3, -0.25) is 9.48 Å². The van der Waals surface area contributed by atoms with Crippen molar-refractivity contribution in [3.05, 3.63) is 29.7 Å². The first-order chi connectivity index (χ1) is 21.1. The standard InChI is InChI=1S/C31H48N6O7/c1-7-13-40-15-17-42-19-20-43-18-16-41-14-12-36-27(10-11-32-36)29(38)34-28-22-26(35-37(28)31(4,5)6)24-8-9-25(21-24)44-30(39)33-23(2)3/h1,10-11,22-25H,8-9,12-21H2,2-6H3,(H,33,39)(H,34,38)/t24?,25-/m0/s1. The van der Waals surface area contributed by atoms with Crippen LogP contribution in [0.4, 0.5) is 10.6 Å². The average Bonchev–Trinajstić information content (AvgIpc) is 3.70. The summed E-state index contributed by atoms with van der Waals surface area (Å²) in [4.78, 5) is 25.4. The van der Waals surface area contributed by atoms with Gasteiger partial charge in [0.25, 0.3) is 5.91 Å². The Bertz CT molecular complexity index is 1210. The first kappa shape index (κ1) is 35.0. The Labute approximate surface area is 260 Å². The highest BCUT2D eigenvalue weighted by Crippen LogP contribution is 2.37. The molecule has 13 nitrogen and oxygen atoms in total. The normalized spacial score (nSPS) is 16.7. The van der Waals surface area contributed by atoms with Crippen molar-refractivity contribution in [2.45, 2.75) is 84.0 Å². The Morgan fingerprint density at radius 2 is 1.70 bits per heavy atom. The van der Waals surface area contributed by atoms with E-state index in [-0.39, 0.29) is 36.1 Å². The van der Waals surface area contributed by atoms with Gasteiger partial charge >= 0.3 is 6.09 Å². The molecule has 0 spiro atoms. The minimum atomic E-state index is -0.394. The van der Waals surface area contributed by atoms with Crippen LogP contribution in [-0.4, -0.2) is 96.6 Å². The number of anilines is 1. The van der Waals surface area contributed by atoms with Gasteiger partial charge in [-0.05, 0) is 59.9 Å².